The van der Waals surface area contributed by atoms with Gasteiger partial charge in [0.05, 0.1) is 11.0 Å². The fourth-order valence-corrected chi connectivity index (χ4v) is 2.28. The molecule has 1 rings (SSSR count). The summed E-state index contributed by atoms with van der Waals surface area (Å²) < 4.78 is 1.56. The maximum atomic E-state index is 9.70. The molecule has 1 aromatic rings. The summed E-state index contributed by atoms with van der Waals surface area (Å²) in [7, 11) is 1.88. The van der Waals surface area contributed by atoms with E-state index in [9.17, 15) is 5.11 Å². The van der Waals surface area contributed by atoms with E-state index in [1.165, 1.54) is 0 Å². The van der Waals surface area contributed by atoms with Gasteiger partial charge in [-0.1, -0.05) is 15.9 Å². The zero-order valence-corrected chi connectivity index (χ0v) is 11.5. The van der Waals surface area contributed by atoms with Gasteiger partial charge in [0.25, 0.3) is 0 Å². The second-order valence-corrected chi connectivity index (χ2v) is 4.73. The Morgan fingerprint density at radius 1 is 1.47 bits per heavy atom. The van der Waals surface area contributed by atoms with Crippen molar-refractivity contribution in [3.8, 4) is 5.75 Å². The number of benzene rings is 1. The molecule has 0 spiro atoms. The highest BCUT2D eigenvalue weighted by Gasteiger charge is 2.04. The molecule has 0 radical (unpaired) electrons. The number of phenols is 1. The van der Waals surface area contributed by atoms with Crippen molar-refractivity contribution >= 4 is 38.1 Å². The van der Waals surface area contributed by atoms with E-state index in [1.54, 1.807) is 12.3 Å². The van der Waals surface area contributed by atoms with Gasteiger partial charge in [0.2, 0.25) is 0 Å². The molecule has 0 fully saturated rings. The minimum atomic E-state index is 0.214. The molecule has 0 saturated carbocycles. The van der Waals surface area contributed by atoms with Crippen LogP contribution in [0.2, 0.25) is 0 Å². The van der Waals surface area contributed by atoms with Gasteiger partial charge < -0.3 is 10.4 Å². The molecular formula is C10H12Br2N2O. The fraction of sp³-hybridized carbons (Fsp3) is 0.300. The fourth-order valence-electron chi connectivity index (χ4n) is 1.02. The molecule has 0 heterocycles. The summed E-state index contributed by atoms with van der Waals surface area (Å²) in [4.78, 5) is 4.19. The van der Waals surface area contributed by atoms with Gasteiger partial charge in [-0.3, -0.25) is 4.99 Å². The summed E-state index contributed by atoms with van der Waals surface area (Å²) in [5.74, 6) is 0.214. The van der Waals surface area contributed by atoms with Crippen molar-refractivity contribution in [3.63, 3.8) is 0 Å². The summed E-state index contributed by atoms with van der Waals surface area (Å²) in [5, 5.41) is 12.7. The molecular weight excluding hydrogens is 324 g/mol. The van der Waals surface area contributed by atoms with E-state index in [-0.39, 0.29) is 5.75 Å². The van der Waals surface area contributed by atoms with Crippen LogP contribution in [0.25, 0.3) is 0 Å². The van der Waals surface area contributed by atoms with Gasteiger partial charge in [-0.2, -0.15) is 0 Å². The Labute approximate surface area is 106 Å². The van der Waals surface area contributed by atoms with Crippen molar-refractivity contribution in [2.75, 3.05) is 20.1 Å². The van der Waals surface area contributed by atoms with Crippen LogP contribution in [0.1, 0.15) is 5.56 Å². The van der Waals surface area contributed by atoms with Crippen LogP contribution in [-0.2, 0) is 0 Å². The second kappa shape index (κ2) is 6.25. The molecule has 0 unspecified atom stereocenters. The van der Waals surface area contributed by atoms with Gasteiger partial charge in [-0.15, -0.1) is 0 Å². The van der Waals surface area contributed by atoms with Crippen molar-refractivity contribution in [1.29, 1.82) is 0 Å². The molecule has 0 atom stereocenters. The molecule has 15 heavy (non-hydrogen) atoms. The number of rotatable bonds is 4. The number of likely N-dealkylation sites (N-methyl/N-ethyl adjacent to an activating group) is 1. The molecule has 0 aliphatic carbocycles. The molecule has 0 bridgehead atoms. The number of nitrogens with one attached hydrogen (secondary N) is 1. The number of hydrogen-bond donors (Lipinski definition) is 2. The minimum absolute atomic E-state index is 0.214. The summed E-state index contributed by atoms with van der Waals surface area (Å²) in [5.41, 5.74) is 0.701. The first-order chi connectivity index (χ1) is 7.15. The third-order valence-electron chi connectivity index (χ3n) is 1.78. The van der Waals surface area contributed by atoms with Crippen molar-refractivity contribution in [2.45, 2.75) is 0 Å². The molecule has 1 aromatic carbocycles. The number of hydrogen-bond acceptors (Lipinski definition) is 3. The van der Waals surface area contributed by atoms with Gasteiger partial charge in [0.15, 0.2) is 0 Å². The Bertz CT molecular complexity index is 367. The number of aromatic hydroxyl groups is 1. The Hall–Kier alpha value is -0.390. The average Bonchev–Trinajstić information content (AvgIpc) is 2.19. The highest BCUT2D eigenvalue weighted by Crippen LogP contribution is 2.30. The number of halogens is 2. The van der Waals surface area contributed by atoms with E-state index in [0.717, 1.165) is 11.0 Å². The standard InChI is InChI=1S/C10H12Br2N2O/c1-13-2-3-14-6-7-4-8(11)5-9(12)10(7)15/h4-6,13,15H,2-3H2,1H3. The number of nitrogens with zero attached hydrogens (tertiary/aromatic N) is 1. The van der Waals surface area contributed by atoms with Crippen molar-refractivity contribution in [1.82, 2.24) is 5.32 Å². The molecule has 0 aromatic heterocycles. The Morgan fingerprint density at radius 2 is 2.20 bits per heavy atom. The van der Waals surface area contributed by atoms with Crippen molar-refractivity contribution < 1.29 is 5.11 Å². The molecule has 0 aliphatic rings. The molecule has 5 heteroatoms. The third-order valence-corrected chi connectivity index (χ3v) is 2.84. The highest BCUT2D eigenvalue weighted by molar-refractivity contribution is 9.11. The topological polar surface area (TPSA) is 44.6 Å². The van der Waals surface area contributed by atoms with Crippen LogP contribution in [0.4, 0.5) is 0 Å². The minimum Gasteiger partial charge on any atom is -0.506 e. The molecule has 0 amide bonds. The zero-order valence-electron chi connectivity index (χ0n) is 8.30. The quantitative estimate of drug-likeness (QED) is 0.656. The van der Waals surface area contributed by atoms with E-state index < -0.39 is 0 Å². The number of phenolic OH excluding ortho intramolecular Hbond substituents is 1. The molecule has 0 aliphatic heterocycles. The summed E-state index contributed by atoms with van der Waals surface area (Å²) in [6.45, 7) is 1.52. The lowest BCUT2D eigenvalue weighted by molar-refractivity contribution is 0.471. The maximum Gasteiger partial charge on any atom is 0.138 e. The van der Waals surface area contributed by atoms with E-state index in [1.807, 2.05) is 13.1 Å². The predicted molar refractivity (Wildman–Crippen MR) is 69.9 cm³/mol. The first-order valence-corrected chi connectivity index (χ1v) is 6.06. The van der Waals surface area contributed by atoms with Crippen molar-refractivity contribution in [2.24, 2.45) is 4.99 Å². The summed E-state index contributed by atoms with van der Waals surface area (Å²) >= 11 is 6.62. The monoisotopic (exact) mass is 334 g/mol. The van der Waals surface area contributed by atoms with Crippen LogP contribution < -0.4 is 5.32 Å². The number of aliphatic imine (C=N–C) groups is 1. The van der Waals surface area contributed by atoms with E-state index in [4.69, 9.17) is 0 Å². The highest BCUT2D eigenvalue weighted by atomic mass is 79.9. The Kier molecular flexibility index (Phi) is 5.28. The van der Waals surface area contributed by atoms with Gasteiger partial charge in [0, 0.05) is 22.8 Å². The Balaban J connectivity index is 2.80. The second-order valence-electron chi connectivity index (χ2n) is 2.96. The smallest absolute Gasteiger partial charge is 0.138 e. The molecule has 0 saturated heterocycles. The normalized spacial score (nSPS) is 11.1. The van der Waals surface area contributed by atoms with Gasteiger partial charge in [-0.05, 0) is 35.1 Å². The van der Waals surface area contributed by atoms with Crippen LogP contribution in [0.3, 0.4) is 0 Å². The van der Waals surface area contributed by atoms with E-state index >= 15 is 0 Å². The summed E-state index contributed by atoms with van der Waals surface area (Å²) in [6, 6.07) is 3.61. The van der Waals surface area contributed by atoms with Crippen LogP contribution in [0, 0.1) is 0 Å². The average molecular weight is 336 g/mol. The lowest BCUT2D eigenvalue weighted by Gasteiger charge is -2.02. The Morgan fingerprint density at radius 3 is 2.87 bits per heavy atom. The molecule has 3 nitrogen and oxygen atoms in total. The lowest BCUT2D eigenvalue weighted by atomic mass is 10.2. The van der Waals surface area contributed by atoms with E-state index in [2.05, 4.69) is 42.2 Å². The third kappa shape index (κ3) is 3.93. The van der Waals surface area contributed by atoms with Crippen LogP contribution >= 0.6 is 31.9 Å². The van der Waals surface area contributed by atoms with Gasteiger partial charge >= 0.3 is 0 Å². The zero-order chi connectivity index (χ0) is 11.3. The molecule has 2 N–H and O–H groups in total. The first kappa shape index (κ1) is 12.7. The summed E-state index contributed by atoms with van der Waals surface area (Å²) in [6.07, 6.45) is 1.67. The van der Waals surface area contributed by atoms with Crippen LogP contribution in [-0.4, -0.2) is 31.5 Å². The first-order valence-electron chi connectivity index (χ1n) is 4.47. The van der Waals surface area contributed by atoms with Gasteiger partial charge in [-0.25, -0.2) is 0 Å². The van der Waals surface area contributed by atoms with Crippen molar-refractivity contribution in [3.05, 3.63) is 26.6 Å². The van der Waals surface area contributed by atoms with Gasteiger partial charge in [0.1, 0.15) is 5.75 Å². The SMILES string of the molecule is CNCCN=Cc1cc(Br)cc(Br)c1O. The largest absolute Gasteiger partial charge is 0.506 e. The van der Waals surface area contributed by atoms with Crippen LogP contribution in [0.5, 0.6) is 5.75 Å². The van der Waals surface area contributed by atoms with Crippen LogP contribution in [0.15, 0.2) is 26.1 Å². The molecule has 82 valence electrons. The maximum absolute atomic E-state index is 9.70. The van der Waals surface area contributed by atoms with E-state index in [0.29, 0.717) is 16.6 Å². The predicted octanol–water partition coefficient (Wildman–Crippen LogP) is 2.56. The lowest BCUT2D eigenvalue weighted by Crippen LogP contribution is -2.10.